The van der Waals surface area contributed by atoms with E-state index in [4.69, 9.17) is 11.6 Å². The highest BCUT2D eigenvalue weighted by Gasteiger charge is 2.38. The molecule has 1 aliphatic heterocycles. The average Bonchev–Trinajstić information content (AvgIpc) is 2.88. The normalized spacial score (nSPS) is 13.2. The van der Waals surface area contributed by atoms with Gasteiger partial charge in [0.15, 0.2) is 0 Å². The van der Waals surface area contributed by atoms with E-state index in [1.807, 2.05) is 12.1 Å². The van der Waals surface area contributed by atoms with E-state index in [0.717, 1.165) is 10.3 Å². The lowest BCUT2D eigenvalue weighted by Gasteiger charge is -2.14. The number of pyridine rings is 1. The first-order valence-electron chi connectivity index (χ1n) is 7.84. The number of halogens is 1. The number of anilines is 1. The molecule has 0 spiro atoms. The van der Waals surface area contributed by atoms with E-state index in [9.17, 15) is 14.4 Å². The average molecular weight is 366 g/mol. The molecule has 2 heterocycles. The predicted octanol–water partition coefficient (Wildman–Crippen LogP) is 3.12. The van der Waals surface area contributed by atoms with Crippen LogP contribution in [-0.2, 0) is 4.79 Å². The second-order valence-electron chi connectivity index (χ2n) is 5.79. The topological polar surface area (TPSA) is 79.4 Å². The van der Waals surface area contributed by atoms with Gasteiger partial charge in [0.25, 0.3) is 11.8 Å². The van der Waals surface area contributed by atoms with Crippen LogP contribution in [0.3, 0.4) is 0 Å². The molecule has 0 saturated heterocycles. The minimum atomic E-state index is -0.568. The van der Waals surface area contributed by atoms with E-state index in [-0.39, 0.29) is 16.1 Å². The molecule has 3 amide bonds. The van der Waals surface area contributed by atoms with Gasteiger partial charge in [-0.2, -0.15) is 0 Å². The van der Waals surface area contributed by atoms with Crippen molar-refractivity contribution in [2.45, 2.75) is 0 Å². The lowest BCUT2D eigenvalue weighted by atomic mass is 10.1. The van der Waals surface area contributed by atoms with Gasteiger partial charge in [0.05, 0.1) is 27.4 Å². The number of para-hydroxylation sites is 1. The third-order valence-electron chi connectivity index (χ3n) is 4.16. The zero-order valence-electron chi connectivity index (χ0n) is 13.4. The molecule has 1 aromatic heterocycles. The molecule has 128 valence electrons. The highest BCUT2D eigenvalue weighted by Crippen LogP contribution is 2.29. The third-order valence-corrected chi connectivity index (χ3v) is 4.47. The van der Waals surface area contributed by atoms with Gasteiger partial charge in [-0.25, -0.2) is 0 Å². The van der Waals surface area contributed by atoms with Gasteiger partial charge >= 0.3 is 0 Å². The zero-order valence-corrected chi connectivity index (χ0v) is 14.2. The number of hydrogen-bond donors (Lipinski definition) is 1. The Hall–Kier alpha value is -3.25. The van der Waals surface area contributed by atoms with Crippen LogP contribution in [0.1, 0.15) is 20.7 Å². The number of amides is 3. The maximum atomic E-state index is 12.5. The largest absolute Gasteiger partial charge is 0.323 e. The molecule has 1 aliphatic rings. The molecule has 7 heteroatoms. The quantitative estimate of drug-likeness (QED) is 0.723. The highest BCUT2D eigenvalue weighted by atomic mass is 35.5. The molecule has 6 nitrogen and oxygen atoms in total. The molecule has 0 fully saturated rings. The molecule has 0 aliphatic carbocycles. The van der Waals surface area contributed by atoms with Crippen molar-refractivity contribution in [2.24, 2.45) is 0 Å². The van der Waals surface area contributed by atoms with Crippen LogP contribution < -0.4 is 5.32 Å². The molecule has 0 saturated carbocycles. The fraction of sp³-hybridized carbons (Fsp3) is 0.0526. The summed E-state index contributed by atoms with van der Waals surface area (Å²) in [7, 11) is 0. The number of nitrogens with one attached hydrogen (secondary N) is 1. The molecule has 26 heavy (non-hydrogen) atoms. The van der Waals surface area contributed by atoms with Crippen molar-refractivity contribution in [3.63, 3.8) is 0 Å². The molecule has 3 aromatic rings. The Morgan fingerprint density at radius 2 is 1.81 bits per heavy atom. The van der Waals surface area contributed by atoms with Crippen LogP contribution in [0.2, 0.25) is 5.02 Å². The van der Waals surface area contributed by atoms with Gasteiger partial charge < -0.3 is 5.32 Å². The van der Waals surface area contributed by atoms with Crippen molar-refractivity contribution in [2.75, 3.05) is 11.9 Å². The molecule has 1 N–H and O–H groups in total. The third kappa shape index (κ3) is 2.60. The molecule has 0 unspecified atom stereocenters. The lowest BCUT2D eigenvalue weighted by Crippen LogP contribution is -2.37. The summed E-state index contributed by atoms with van der Waals surface area (Å²) in [6, 6.07) is 13.7. The first-order chi connectivity index (χ1) is 12.6. The Bertz CT molecular complexity index is 1080. The molecular formula is C19H12ClN3O3. The summed E-state index contributed by atoms with van der Waals surface area (Å²) < 4.78 is 0. The number of aromatic nitrogens is 1. The maximum absolute atomic E-state index is 12.5. The summed E-state index contributed by atoms with van der Waals surface area (Å²) in [6.07, 6.45) is 1.63. The fourth-order valence-corrected chi connectivity index (χ4v) is 3.23. The van der Waals surface area contributed by atoms with Crippen molar-refractivity contribution in [1.82, 2.24) is 9.88 Å². The van der Waals surface area contributed by atoms with Crippen molar-refractivity contribution < 1.29 is 14.4 Å². The van der Waals surface area contributed by atoms with E-state index >= 15 is 0 Å². The van der Waals surface area contributed by atoms with Gasteiger partial charge in [-0.05, 0) is 24.3 Å². The number of benzene rings is 2. The molecular weight excluding hydrogens is 354 g/mol. The van der Waals surface area contributed by atoms with Crippen molar-refractivity contribution in [3.8, 4) is 0 Å². The van der Waals surface area contributed by atoms with Crippen LogP contribution in [0.4, 0.5) is 5.69 Å². The van der Waals surface area contributed by atoms with Crippen molar-refractivity contribution >= 4 is 45.9 Å². The number of carbonyl (C=O) groups is 3. The van der Waals surface area contributed by atoms with Gasteiger partial charge in [-0.15, -0.1) is 0 Å². The highest BCUT2D eigenvalue weighted by molar-refractivity contribution is 6.37. The monoisotopic (exact) mass is 365 g/mol. The van der Waals surface area contributed by atoms with Crippen molar-refractivity contribution in [1.29, 1.82) is 0 Å². The molecule has 2 aromatic carbocycles. The second-order valence-corrected chi connectivity index (χ2v) is 6.19. The summed E-state index contributed by atoms with van der Waals surface area (Å²) in [6.45, 7) is -0.397. The van der Waals surface area contributed by atoms with Gasteiger partial charge in [-0.3, -0.25) is 24.3 Å². The maximum Gasteiger partial charge on any atom is 0.263 e. The molecule has 4 rings (SSSR count). The Morgan fingerprint density at radius 3 is 2.62 bits per heavy atom. The van der Waals surface area contributed by atoms with Crippen LogP contribution in [0.15, 0.2) is 54.7 Å². The molecule has 0 radical (unpaired) electrons. The van der Waals surface area contributed by atoms with Gasteiger partial charge in [0, 0.05) is 11.6 Å². The number of hydrogen-bond acceptors (Lipinski definition) is 4. The summed E-state index contributed by atoms with van der Waals surface area (Å²) in [5.41, 5.74) is 1.50. The zero-order chi connectivity index (χ0) is 18.3. The summed E-state index contributed by atoms with van der Waals surface area (Å²) in [5, 5.41) is 3.78. The van der Waals surface area contributed by atoms with Crippen LogP contribution in [0, 0.1) is 0 Å². The molecule has 0 atom stereocenters. The SMILES string of the molecule is O=C(CN1C(=O)c2cccc(Cl)c2C1=O)Nc1cccc2cccnc12. The van der Waals surface area contributed by atoms with Crippen LogP contribution in [-0.4, -0.2) is 34.2 Å². The second kappa shape index (κ2) is 6.24. The minimum absolute atomic E-state index is 0.138. The van der Waals surface area contributed by atoms with Crippen molar-refractivity contribution in [3.05, 3.63) is 70.9 Å². The van der Waals surface area contributed by atoms with Crippen LogP contribution in [0.5, 0.6) is 0 Å². The van der Waals surface area contributed by atoms with E-state index in [0.29, 0.717) is 11.2 Å². The summed E-state index contributed by atoms with van der Waals surface area (Å²) in [5.74, 6) is -1.59. The van der Waals surface area contributed by atoms with Crippen LogP contribution in [0.25, 0.3) is 10.9 Å². The molecule has 0 bridgehead atoms. The van der Waals surface area contributed by atoms with E-state index < -0.39 is 24.3 Å². The van der Waals surface area contributed by atoms with Crippen LogP contribution >= 0.6 is 11.6 Å². The predicted molar refractivity (Wildman–Crippen MR) is 97.2 cm³/mol. The standard InChI is InChI=1S/C19H12ClN3O3/c20-13-7-2-6-12-16(13)19(26)23(18(12)25)10-15(24)22-14-8-1-4-11-5-3-9-21-17(11)14/h1-9H,10H2,(H,22,24). The van der Waals surface area contributed by atoms with E-state index in [1.165, 1.54) is 12.1 Å². The number of carbonyl (C=O) groups excluding carboxylic acids is 3. The smallest absolute Gasteiger partial charge is 0.263 e. The van der Waals surface area contributed by atoms with E-state index in [1.54, 1.807) is 30.5 Å². The van der Waals surface area contributed by atoms with E-state index in [2.05, 4.69) is 10.3 Å². The first kappa shape index (κ1) is 16.2. The number of fused-ring (bicyclic) bond motifs is 2. The lowest BCUT2D eigenvalue weighted by molar-refractivity contribution is -0.116. The minimum Gasteiger partial charge on any atom is -0.323 e. The Labute approximate surface area is 153 Å². The fourth-order valence-electron chi connectivity index (χ4n) is 2.97. The number of imide groups is 1. The van der Waals surface area contributed by atoms with Gasteiger partial charge in [0.2, 0.25) is 5.91 Å². The number of nitrogens with zero attached hydrogens (tertiary/aromatic N) is 2. The van der Waals surface area contributed by atoms with Gasteiger partial charge in [0.1, 0.15) is 6.54 Å². The Morgan fingerprint density at radius 1 is 1.04 bits per heavy atom. The van der Waals surface area contributed by atoms with Gasteiger partial charge in [-0.1, -0.05) is 35.9 Å². The Balaban J connectivity index is 1.57. The summed E-state index contributed by atoms with van der Waals surface area (Å²) in [4.78, 5) is 42.4. The number of rotatable bonds is 3. The first-order valence-corrected chi connectivity index (χ1v) is 8.22. The summed E-state index contributed by atoms with van der Waals surface area (Å²) >= 11 is 6.02. The Kier molecular flexibility index (Phi) is 3.89.